The van der Waals surface area contributed by atoms with E-state index >= 15 is 0 Å². The van der Waals surface area contributed by atoms with Gasteiger partial charge < -0.3 is 20.3 Å². The lowest BCUT2D eigenvalue weighted by atomic mass is 9.86. The molecule has 0 atom stereocenters. The van der Waals surface area contributed by atoms with Crippen LogP contribution in [0, 0.1) is 0 Å². The summed E-state index contributed by atoms with van der Waals surface area (Å²) in [6.07, 6.45) is 0. The normalized spacial score (nSPS) is 11.9. The average Bonchev–Trinajstić information content (AvgIpc) is 3.68. The smallest absolute Gasteiger partial charge is 0.281 e. The largest absolute Gasteiger partial charge is 0.506 e. The number of rotatable bonds is 14. The highest BCUT2D eigenvalue weighted by atomic mass is 32.2. The van der Waals surface area contributed by atoms with Crippen LogP contribution in [0.2, 0.25) is 0 Å². The van der Waals surface area contributed by atoms with Crippen molar-refractivity contribution in [2.75, 3.05) is 26.4 Å². The van der Waals surface area contributed by atoms with Gasteiger partial charge in [0.1, 0.15) is 5.75 Å². The molecule has 0 bridgehead atoms. The van der Waals surface area contributed by atoms with Crippen LogP contribution in [-0.4, -0.2) is 54.1 Å². The van der Waals surface area contributed by atoms with Gasteiger partial charge in [0.15, 0.2) is 0 Å². The van der Waals surface area contributed by atoms with Gasteiger partial charge in [-0.05, 0) is 65.2 Å². The summed E-state index contributed by atoms with van der Waals surface area (Å²) >= 11 is 3.98. The molecule has 45 heavy (non-hydrogen) atoms. The number of aliphatic hydroxyl groups is 1. The van der Waals surface area contributed by atoms with Crippen LogP contribution in [0.4, 0.5) is 0 Å². The molecule has 12 heteroatoms. The maximum Gasteiger partial charge on any atom is 0.281 e. The van der Waals surface area contributed by atoms with Gasteiger partial charge in [0.05, 0.1) is 45.7 Å². The lowest BCUT2D eigenvalue weighted by Crippen LogP contribution is -2.21. The summed E-state index contributed by atoms with van der Waals surface area (Å²) in [5.74, 6) is -0.583. The molecule has 4 rings (SSSR count). The molecular weight excluding hydrogens is 629 g/mol. The van der Waals surface area contributed by atoms with Crippen LogP contribution in [0.15, 0.2) is 76.0 Å². The van der Waals surface area contributed by atoms with E-state index in [4.69, 9.17) is 9.84 Å². The number of amides is 2. The first-order valence-electron chi connectivity index (χ1n) is 14.4. The first-order valence-corrected chi connectivity index (χ1v) is 16.9. The van der Waals surface area contributed by atoms with Gasteiger partial charge in [0, 0.05) is 23.4 Å². The Morgan fingerprint density at radius 3 is 2.31 bits per heavy atom. The number of thiophene rings is 2. The predicted molar refractivity (Wildman–Crippen MR) is 183 cm³/mol. The van der Waals surface area contributed by atoms with Gasteiger partial charge in [-0.25, -0.2) is 5.43 Å². The maximum atomic E-state index is 12.8. The van der Waals surface area contributed by atoms with Crippen LogP contribution in [0.1, 0.15) is 63.7 Å². The highest BCUT2D eigenvalue weighted by molar-refractivity contribution is 7.97. The predicted octanol–water partition coefficient (Wildman–Crippen LogP) is 6.17. The molecule has 0 saturated heterocycles. The van der Waals surface area contributed by atoms with E-state index in [9.17, 15) is 14.7 Å². The number of ether oxygens (including phenoxy) is 1. The van der Waals surface area contributed by atoms with Gasteiger partial charge in [-0.1, -0.05) is 57.2 Å². The molecule has 0 aliphatic carbocycles. The Bertz CT molecular complexity index is 1610. The summed E-state index contributed by atoms with van der Waals surface area (Å²) in [7, 11) is 0. The summed E-state index contributed by atoms with van der Waals surface area (Å²) in [6, 6.07) is 19.2. The molecule has 0 spiro atoms. The summed E-state index contributed by atoms with van der Waals surface area (Å²) < 4.78 is 8.40. The molecule has 0 unspecified atom stereocenters. The molecule has 0 radical (unpaired) electrons. The molecule has 2 aromatic heterocycles. The number of nitrogens with zero attached hydrogens (tertiary/aromatic N) is 1. The average molecular weight is 667 g/mol. The standard InChI is InChI=1S/C33H38N4O5S3/c1-21(26-20-43-30(29(26)39)23-7-9-24(10-8-23)33(2,3)4)36-37-32(41)28-14-13-27(44-28)31(40)34-19-22-5-11-25(12-6-22)45-35-15-17-42-18-16-38/h5-14,20,35,38-39H,15-19H2,1-4H3,(H,34,40)(H,37,41)/b36-21+. The molecule has 2 heterocycles. The first kappa shape index (κ1) is 34.4. The minimum absolute atomic E-state index is 0.0157. The van der Waals surface area contributed by atoms with E-state index in [1.54, 1.807) is 19.1 Å². The van der Waals surface area contributed by atoms with Gasteiger partial charge in [-0.3, -0.25) is 14.3 Å². The van der Waals surface area contributed by atoms with E-state index < -0.39 is 5.91 Å². The van der Waals surface area contributed by atoms with E-state index in [2.05, 4.69) is 53.5 Å². The fourth-order valence-electron chi connectivity index (χ4n) is 4.13. The highest BCUT2D eigenvalue weighted by Crippen LogP contribution is 2.39. The zero-order valence-electron chi connectivity index (χ0n) is 25.7. The Morgan fingerprint density at radius 1 is 0.956 bits per heavy atom. The van der Waals surface area contributed by atoms with Crippen molar-refractivity contribution < 1.29 is 24.5 Å². The Labute approximate surface area is 275 Å². The number of carbonyl (C=O) groups is 2. The van der Waals surface area contributed by atoms with Crippen molar-refractivity contribution in [1.29, 1.82) is 0 Å². The molecular formula is C33H38N4O5S3. The van der Waals surface area contributed by atoms with Gasteiger partial charge in [-0.2, -0.15) is 5.10 Å². The van der Waals surface area contributed by atoms with Crippen LogP contribution < -0.4 is 15.5 Å². The van der Waals surface area contributed by atoms with Gasteiger partial charge in [-0.15, -0.1) is 22.7 Å². The Morgan fingerprint density at radius 2 is 1.64 bits per heavy atom. The SMILES string of the molecule is C/C(=N\NC(=O)c1ccc(C(=O)NCc2ccc(SNCCOCCO)cc2)s1)c1csc(-c2ccc(C(C)(C)C)cc2)c1O. The van der Waals surface area contributed by atoms with E-state index in [0.717, 1.165) is 32.2 Å². The van der Waals surface area contributed by atoms with E-state index in [1.807, 2.05) is 41.8 Å². The molecule has 2 aromatic carbocycles. The zero-order chi connectivity index (χ0) is 32.4. The molecule has 0 aliphatic rings. The van der Waals surface area contributed by atoms with Crippen LogP contribution >= 0.6 is 34.6 Å². The summed E-state index contributed by atoms with van der Waals surface area (Å²) in [5.41, 5.74) is 6.67. The monoisotopic (exact) mass is 666 g/mol. The van der Waals surface area contributed by atoms with Crippen molar-refractivity contribution >= 4 is 52.1 Å². The van der Waals surface area contributed by atoms with Gasteiger partial charge in [0.2, 0.25) is 0 Å². The number of aliphatic hydroxyl groups excluding tert-OH is 1. The van der Waals surface area contributed by atoms with Crippen molar-refractivity contribution in [2.45, 2.75) is 44.6 Å². The van der Waals surface area contributed by atoms with Crippen LogP contribution in [0.3, 0.4) is 0 Å². The van der Waals surface area contributed by atoms with E-state index in [1.165, 1.54) is 28.8 Å². The molecule has 0 aliphatic heterocycles. The van der Waals surface area contributed by atoms with Crippen LogP contribution in [-0.2, 0) is 16.7 Å². The number of hydrazone groups is 1. The Balaban J connectivity index is 1.27. The lowest BCUT2D eigenvalue weighted by Gasteiger charge is -2.19. The second-order valence-electron chi connectivity index (χ2n) is 11.1. The van der Waals surface area contributed by atoms with Gasteiger partial charge in [0.25, 0.3) is 11.8 Å². The van der Waals surface area contributed by atoms with Crippen molar-refractivity contribution in [3.63, 3.8) is 0 Å². The third kappa shape index (κ3) is 9.73. The third-order valence-electron chi connectivity index (χ3n) is 6.70. The molecule has 5 N–H and O–H groups in total. The second-order valence-corrected chi connectivity index (χ2v) is 14.0. The van der Waals surface area contributed by atoms with Crippen molar-refractivity contribution in [3.05, 3.63) is 92.5 Å². The summed E-state index contributed by atoms with van der Waals surface area (Å²) in [5, 5.41) is 28.5. The summed E-state index contributed by atoms with van der Waals surface area (Å²) in [4.78, 5) is 28.0. The van der Waals surface area contributed by atoms with Gasteiger partial charge >= 0.3 is 0 Å². The lowest BCUT2D eigenvalue weighted by molar-refractivity contribution is 0.0950. The number of hydrogen-bond donors (Lipinski definition) is 5. The molecule has 0 fully saturated rings. The summed E-state index contributed by atoms with van der Waals surface area (Å²) in [6.45, 7) is 10.1. The molecule has 4 aromatic rings. The first-order chi connectivity index (χ1) is 21.6. The zero-order valence-corrected chi connectivity index (χ0v) is 28.1. The van der Waals surface area contributed by atoms with Crippen molar-refractivity contribution in [3.8, 4) is 16.2 Å². The minimum Gasteiger partial charge on any atom is -0.506 e. The molecule has 9 nitrogen and oxygen atoms in total. The highest BCUT2D eigenvalue weighted by Gasteiger charge is 2.18. The fourth-order valence-corrected chi connectivity index (χ4v) is 6.57. The van der Waals surface area contributed by atoms with Crippen LogP contribution in [0.25, 0.3) is 10.4 Å². The number of aromatic hydroxyl groups is 1. The van der Waals surface area contributed by atoms with E-state index in [0.29, 0.717) is 47.3 Å². The number of carbonyl (C=O) groups excluding carboxylic acids is 2. The van der Waals surface area contributed by atoms with Crippen molar-refractivity contribution in [2.24, 2.45) is 5.10 Å². The fraction of sp³-hybridized carbons (Fsp3) is 0.303. The minimum atomic E-state index is -0.437. The molecule has 2 amide bonds. The number of nitrogens with one attached hydrogen (secondary N) is 3. The molecule has 238 valence electrons. The topological polar surface area (TPSA) is 132 Å². The molecule has 0 saturated carbocycles. The third-order valence-corrected chi connectivity index (χ3v) is 9.65. The van der Waals surface area contributed by atoms with Crippen LogP contribution in [0.5, 0.6) is 5.75 Å². The quantitative estimate of drug-likeness (QED) is 0.0471. The van der Waals surface area contributed by atoms with Crippen molar-refractivity contribution in [1.82, 2.24) is 15.5 Å². The Kier molecular flexibility index (Phi) is 12.3. The van der Waals surface area contributed by atoms with E-state index in [-0.39, 0.29) is 23.7 Å². The number of hydrogen-bond acceptors (Lipinski definition) is 10. The number of benzene rings is 2. The second kappa shape index (κ2) is 16.2. The maximum absolute atomic E-state index is 12.8. The Hall–Kier alpha value is -3.52.